The van der Waals surface area contributed by atoms with Crippen molar-refractivity contribution in [3.05, 3.63) is 64.1 Å². The van der Waals surface area contributed by atoms with Gasteiger partial charge in [-0.3, -0.25) is 9.59 Å². The number of nitrogens with zero attached hydrogens (tertiary/aromatic N) is 1. The van der Waals surface area contributed by atoms with Crippen LogP contribution < -0.4 is 10.9 Å². The minimum atomic E-state index is -0.0369. The molecule has 2 heterocycles. The Hall–Kier alpha value is -2.01. The minimum Gasteiger partial charge on any atom is -0.356 e. The number of nitrogens with one attached hydrogen (secondary N) is 1. The average Bonchev–Trinajstić information content (AvgIpc) is 3.01. The molecule has 0 radical (unpaired) electrons. The maximum atomic E-state index is 12.4. The summed E-state index contributed by atoms with van der Waals surface area (Å²) in [5.41, 5.74) is 2.16. The third kappa shape index (κ3) is 3.73. The molecule has 2 aromatic rings. The molecule has 0 aliphatic carbocycles. The molecule has 3 rings (SSSR count). The van der Waals surface area contributed by atoms with Crippen molar-refractivity contribution in [2.75, 3.05) is 12.3 Å². The summed E-state index contributed by atoms with van der Waals surface area (Å²) < 4.78 is 1.78. The lowest BCUT2D eigenvalue weighted by molar-refractivity contribution is -0.122. The highest BCUT2D eigenvalue weighted by Crippen LogP contribution is 2.39. The molecular formula is C19H22N2O2S. The van der Waals surface area contributed by atoms with Gasteiger partial charge in [-0.2, -0.15) is 0 Å². The fraction of sp³-hybridized carbons (Fsp3) is 0.368. The molecular weight excluding hydrogens is 320 g/mol. The van der Waals surface area contributed by atoms with E-state index in [1.165, 1.54) is 4.90 Å². The second-order valence-electron chi connectivity index (χ2n) is 6.06. The van der Waals surface area contributed by atoms with Crippen LogP contribution in [0, 0.1) is 6.92 Å². The molecule has 24 heavy (non-hydrogen) atoms. The number of hydrogen-bond donors (Lipinski definition) is 1. The number of rotatable bonds is 6. The number of hydrogen-bond acceptors (Lipinski definition) is 3. The number of aromatic nitrogens is 1. The van der Waals surface area contributed by atoms with Gasteiger partial charge in [0.15, 0.2) is 0 Å². The Kier molecular flexibility index (Phi) is 5.41. The Labute approximate surface area is 146 Å². The quantitative estimate of drug-likeness (QED) is 0.821. The molecule has 1 aromatic carbocycles. The molecule has 1 atom stereocenters. The molecule has 0 bridgehead atoms. The smallest absolute Gasteiger partial charge is 0.250 e. The summed E-state index contributed by atoms with van der Waals surface area (Å²) >= 11 is 1.75. The van der Waals surface area contributed by atoms with Crippen molar-refractivity contribution in [3.63, 3.8) is 0 Å². The molecule has 126 valence electrons. The van der Waals surface area contributed by atoms with Crippen molar-refractivity contribution in [1.82, 2.24) is 9.88 Å². The Balaban J connectivity index is 1.44. The molecule has 1 N–H and O–H groups in total. The van der Waals surface area contributed by atoms with Gasteiger partial charge in [-0.05, 0) is 37.5 Å². The maximum Gasteiger partial charge on any atom is 0.250 e. The summed E-state index contributed by atoms with van der Waals surface area (Å²) in [6, 6.07) is 13.4. The largest absolute Gasteiger partial charge is 0.356 e. The lowest BCUT2D eigenvalue weighted by Crippen LogP contribution is -2.30. The van der Waals surface area contributed by atoms with Crippen LogP contribution in [0.25, 0.3) is 0 Å². The van der Waals surface area contributed by atoms with Crippen LogP contribution in [0.2, 0.25) is 0 Å². The van der Waals surface area contributed by atoms with E-state index in [9.17, 15) is 9.59 Å². The fourth-order valence-electron chi connectivity index (χ4n) is 3.02. The molecule has 1 aromatic heterocycles. The number of fused-ring (bicyclic) bond motifs is 1. The number of thioether (sulfide) groups is 1. The number of unbranched alkanes of at least 4 members (excludes halogenated alkanes) is 1. The van der Waals surface area contributed by atoms with E-state index < -0.39 is 0 Å². The predicted molar refractivity (Wildman–Crippen MR) is 97.6 cm³/mol. The lowest BCUT2D eigenvalue weighted by Gasteiger charge is -2.12. The van der Waals surface area contributed by atoms with Gasteiger partial charge >= 0.3 is 0 Å². The number of pyridine rings is 1. The van der Waals surface area contributed by atoms with Crippen molar-refractivity contribution in [2.24, 2.45) is 0 Å². The topological polar surface area (TPSA) is 51.1 Å². The van der Waals surface area contributed by atoms with Gasteiger partial charge in [0.1, 0.15) is 0 Å². The summed E-state index contributed by atoms with van der Waals surface area (Å²) in [6.07, 6.45) is 1.75. The average molecular weight is 342 g/mol. The summed E-state index contributed by atoms with van der Waals surface area (Å²) in [6.45, 7) is 3.30. The molecule has 0 saturated carbocycles. The van der Waals surface area contributed by atoms with Crippen molar-refractivity contribution >= 4 is 17.7 Å². The van der Waals surface area contributed by atoms with Gasteiger partial charge in [0.25, 0.3) is 5.56 Å². The molecule has 0 unspecified atom stereocenters. The maximum absolute atomic E-state index is 12.4. The fourth-order valence-corrected chi connectivity index (χ4v) is 4.25. The van der Waals surface area contributed by atoms with Crippen molar-refractivity contribution in [3.8, 4) is 0 Å². The predicted octanol–water partition coefficient (Wildman–Crippen LogP) is 2.94. The summed E-state index contributed by atoms with van der Waals surface area (Å²) in [5.74, 6) is 0.898. The Bertz CT molecular complexity index is 785. The van der Waals surface area contributed by atoms with Crippen LogP contribution in [-0.4, -0.2) is 22.8 Å². The second-order valence-corrected chi connectivity index (χ2v) is 7.12. The highest BCUT2D eigenvalue weighted by molar-refractivity contribution is 7.99. The van der Waals surface area contributed by atoms with Gasteiger partial charge < -0.3 is 9.88 Å². The molecule has 1 aliphatic rings. The van der Waals surface area contributed by atoms with Crippen LogP contribution in [0.3, 0.4) is 0 Å². The van der Waals surface area contributed by atoms with Crippen LogP contribution in [0.15, 0.2) is 52.2 Å². The van der Waals surface area contributed by atoms with E-state index in [1.807, 2.05) is 31.2 Å². The molecule has 5 heteroatoms. The SMILES string of the molecule is Cc1cccc(=O)n1CCCCNC(=O)[C@@H]1CSc2ccccc21. The van der Waals surface area contributed by atoms with Gasteiger partial charge in [0, 0.05) is 35.5 Å². The zero-order valence-electron chi connectivity index (χ0n) is 13.8. The van der Waals surface area contributed by atoms with E-state index >= 15 is 0 Å². The number of carbonyl (C=O) groups excluding carboxylic acids is 1. The van der Waals surface area contributed by atoms with E-state index in [1.54, 1.807) is 28.5 Å². The van der Waals surface area contributed by atoms with E-state index in [0.717, 1.165) is 29.9 Å². The molecule has 1 amide bonds. The molecule has 0 spiro atoms. The van der Waals surface area contributed by atoms with Crippen LogP contribution >= 0.6 is 11.8 Å². The Morgan fingerprint density at radius 2 is 2.04 bits per heavy atom. The normalized spacial score (nSPS) is 16.0. The molecule has 0 saturated heterocycles. The summed E-state index contributed by atoms with van der Waals surface area (Å²) in [4.78, 5) is 25.4. The van der Waals surface area contributed by atoms with E-state index in [-0.39, 0.29) is 17.4 Å². The number of amides is 1. The number of aryl methyl sites for hydroxylation is 1. The zero-order valence-corrected chi connectivity index (χ0v) is 14.6. The summed E-state index contributed by atoms with van der Waals surface area (Å²) in [7, 11) is 0. The first-order valence-electron chi connectivity index (χ1n) is 8.33. The van der Waals surface area contributed by atoms with Crippen molar-refractivity contribution in [1.29, 1.82) is 0 Å². The third-order valence-electron chi connectivity index (χ3n) is 4.39. The van der Waals surface area contributed by atoms with Crippen LogP contribution in [0.1, 0.15) is 30.0 Å². The second kappa shape index (κ2) is 7.71. The van der Waals surface area contributed by atoms with E-state index in [0.29, 0.717) is 13.1 Å². The first kappa shape index (κ1) is 16.8. The highest BCUT2D eigenvalue weighted by atomic mass is 32.2. The lowest BCUT2D eigenvalue weighted by atomic mass is 10.0. The third-order valence-corrected chi connectivity index (χ3v) is 5.57. The van der Waals surface area contributed by atoms with Gasteiger partial charge in [-0.15, -0.1) is 11.8 Å². The van der Waals surface area contributed by atoms with Crippen molar-refractivity contribution in [2.45, 2.75) is 37.1 Å². The van der Waals surface area contributed by atoms with E-state index in [2.05, 4.69) is 11.4 Å². The minimum absolute atomic E-state index is 0.0369. The van der Waals surface area contributed by atoms with Gasteiger partial charge in [0.2, 0.25) is 5.91 Å². The van der Waals surface area contributed by atoms with Crippen LogP contribution in [-0.2, 0) is 11.3 Å². The monoisotopic (exact) mass is 342 g/mol. The number of benzene rings is 1. The standard InChI is InChI=1S/C19H22N2O2S/c1-14-7-6-10-18(22)21(14)12-5-4-11-20-19(23)16-13-24-17-9-3-2-8-15(16)17/h2-3,6-10,16H,4-5,11-13H2,1H3,(H,20,23)/t16-/m1/s1. The highest BCUT2D eigenvalue weighted by Gasteiger charge is 2.28. The Morgan fingerprint density at radius 1 is 1.21 bits per heavy atom. The zero-order chi connectivity index (χ0) is 16.9. The van der Waals surface area contributed by atoms with E-state index in [4.69, 9.17) is 0 Å². The first-order valence-corrected chi connectivity index (χ1v) is 9.31. The Morgan fingerprint density at radius 3 is 2.88 bits per heavy atom. The van der Waals surface area contributed by atoms with Gasteiger partial charge in [0.05, 0.1) is 5.92 Å². The number of carbonyl (C=O) groups is 1. The molecule has 1 aliphatic heterocycles. The molecule has 0 fully saturated rings. The van der Waals surface area contributed by atoms with Crippen molar-refractivity contribution < 1.29 is 4.79 Å². The van der Waals surface area contributed by atoms with Gasteiger partial charge in [-0.25, -0.2) is 0 Å². The summed E-state index contributed by atoms with van der Waals surface area (Å²) in [5, 5.41) is 3.04. The van der Waals surface area contributed by atoms with Crippen LogP contribution in [0.5, 0.6) is 0 Å². The first-order chi connectivity index (χ1) is 11.7. The molecule has 4 nitrogen and oxygen atoms in total. The van der Waals surface area contributed by atoms with Gasteiger partial charge in [-0.1, -0.05) is 24.3 Å². The van der Waals surface area contributed by atoms with Crippen LogP contribution in [0.4, 0.5) is 0 Å².